The van der Waals surface area contributed by atoms with Gasteiger partial charge in [-0.25, -0.2) is 5.43 Å². The molecule has 1 amide bonds. The van der Waals surface area contributed by atoms with Crippen LogP contribution >= 0.6 is 11.3 Å². The standard InChI is InChI=1S/C15H15N3O4S/c1-10-4-3-5-11(2)15(10)22-9-13(19)17-16-8-12-6-7-14(23-12)18(20)21/h3-8H,9H2,1-2H3,(H,17,19). The molecule has 2 rings (SSSR count). The van der Waals surface area contributed by atoms with Gasteiger partial charge in [-0.15, -0.1) is 0 Å². The molecule has 7 nitrogen and oxygen atoms in total. The first-order valence-corrected chi connectivity index (χ1v) is 7.54. The number of ether oxygens (including phenoxy) is 1. The molecule has 0 aliphatic carbocycles. The zero-order valence-electron chi connectivity index (χ0n) is 12.6. The van der Waals surface area contributed by atoms with Gasteiger partial charge in [-0.1, -0.05) is 29.5 Å². The number of hydrogen-bond acceptors (Lipinski definition) is 6. The van der Waals surface area contributed by atoms with Crippen molar-refractivity contribution in [2.45, 2.75) is 13.8 Å². The zero-order chi connectivity index (χ0) is 16.8. The topological polar surface area (TPSA) is 93.8 Å². The molecule has 1 aromatic heterocycles. The van der Waals surface area contributed by atoms with E-state index in [2.05, 4.69) is 10.5 Å². The Morgan fingerprint density at radius 1 is 1.35 bits per heavy atom. The monoisotopic (exact) mass is 333 g/mol. The fourth-order valence-corrected chi connectivity index (χ4v) is 2.57. The van der Waals surface area contributed by atoms with Gasteiger partial charge in [-0.05, 0) is 31.0 Å². The Kier molecular flexibility index (Phi) is 5.42. The highest BCUT2D eigenvalue weighted by Crippen LogP contribution is 2.23. The number of nitrogens with zero attached hydrogens (tertiary/aromatic N) is 2. The van der Waals surface area contributed by atoms with Gasteiger partial charge in [0.15, 0.2) is 6.61 Å². The zero-order valence-corrected chi connectivity index (χ0v) is 13.4. The van der Waals surface area contributed by atoms with Crippen molar-refractivity contribution in [2.24, 2.45) is 5.10 Å². The number of amides is 1. The molecule has 1 heterocycles. The van der Waals surface area contributed by atoms with Gasteiger partial charge >= 0.3 is 5.00 Å². The second-order valence-corrected chi connectivity index (χ2v) is 5.83. The summed E-state index contributed by atoms with van der Waals surface area (Å²) in [5.41, 5.74) is 4.22. The van der Waals surface area contributed by atoms with E-state index < -0.39 is 10.8 Å². The summed E-state index contributed by atoms with van der Waals surface area (Å²) in [7, 11) is 0. The fraction of sp³-hybridized carbons (Fsp3) is 0.200. The van der Waals surface area contributed by atoms with Crippen LogP contribution in [0, 0.1) is 24.0 Å². The highest BCUT2D eigenvalue weighted by Gasteiger charge is 2.09. The summed E-state index contributed by atoms with van der Waals surface area (Å²) in [4.78, 5) is 22.3. The third kappa shape index (κ3) is 4.62. The van der Waals surface area contributed by atoms with E-state index in [1.165, 1.54) is 12.3 Å². The van der Waals surface area contributed by atoms with Crippen LogP contribution in [-0.4, -0.2) is 23.7 Å². The Morgan fingerprint density at radius 2 is 2.04 bits per heavy atom. The van der Waals surface area contributed by atoms with Crippen LogP contribution < -0.4 is 10.2 Å². The van der Waals surface area contributed by atoms with E-state index in [0.717, 1.165) is 22.5 Å². The molecule has 0 radical (unpaired) electrons. The average molecular weight is 333 g/mol. The molecule has 0 fully saturated rings. The molecule has 2 aromatic rings. The van der Waals surface area contributed by atoms with Gasteiger partial charge in [-0.3, -0.25) is 14.9 Å². The summed E-state index contributed by atoms with van der Waals surface area (Å²) < 4.78 is 5.50. The lowest BCUT2D eigenvalue weighted by molar-refractivity contribution is -0.380. The predicted molar refractivity (Wildman–Crippen MR) is 88.1 cm³/mol. The van der Waals surface area contributed by atoms with Gasteiger partial charge < -0.3 is 4.74 Å². The number of rotatable bonds is 6. The van der Waals surface area contributed by atoms with Crippen molar-refractivity contribution in [3.05, 3.63) is 56.5 Å². The summed E-state index contributed by atoms with van der Waals surface area (Å²) in [6.45, 7) is 3.65. The number of benzene rings is 1. The first-order valence-electron chi connectivity index (χ1n) is 6.72. The van der Waals surface area contributed by atoms with Crippen molar-refractivity contribution in [1.82, 2.24) is 5.43 Å². The first kappa shape index (κ1) is 16.6. The highest BCUT2D eigenvalue weighted by molar-refractivity contribution is 7.16. The Hall–Kier alpha value is -2.74. The summed E-state index contributed by atoms with van der Waals surface area (Å²) in [5, 5.41) is 14.3. The van der Waals surface area contributed by atoms with E-state index >= 15 is 0 Å². The van der Waals surface area contributed by atoms with Crippen LogP contribution in [-0.2, 0) is 4.79 Å². The number of para-hydroxylation sites is 1. The molecular weight excluding hydrogens is 318 g/mol. The minimum Gasteiger partial charge on any atom is -0.483 e. The summed E-state index contributed by atoms with van der Waals surface area (Å²) in [5.74, 6) is 0.274. The lowest BCUT2D eigenvalue weighted by Crippen LogP contribution is -2.24. The molecule has 0 atom stereocenters. The quantitative estimate of drug-likeness (QED) is 0.499. The van der Waals surface area contributed by atoms with Crippen LogP contribution in [0.1, 0.15) is 16.0 Å². The molecule has 0 aliphatic heterocycles. The minimum absolute atomic E-state index is 0.0242. The van der Waals surface area contributed by atoms with Crippen LogP contribution in [0.5, 0.6) is 5.75 Å². The van der Waals surface area contributed by atoms with E-state index in [1.54, 1.807) is 6.07 Å². The van der Waals surface area contributed by atoms with E-state index in [4.69, 9.17) is 4.74 Å². The molecule has 0 aliphatic rings. The molecular formula is C15H15N3O4S. The smallest absolute Gasteiger partial charge is 0.324 e. The predicted octanol–water partition coefficient (Wildman–Crippen LogP) is 2.80. The average Bonchev–Trinajstić information content (AvgIpc) is 2.96. The van der Waals surface area contributed by atoms with Gasteiger partial charge in [0.25, 0.3) is 5.91 Å². The number of thiophene rings is 1. The molecule has 0 unspecified atom stereocenters. The van der Waals surface area contributed by atoms with Crippen LogP contribution in [0.25, 0.3) is 0 Å². The highest BCUT2D eigenvalue weighted by atomic mass is 32.1. The normalized spacial score (nSPS) is 10.7. The molecule has 120 valence electrons. The maximum absolute atomic E-state index is 11.7. The number of nitrogens with one attached hydrogen (secondary N) is 1. The third-order valence-electron chi connectivity index (χ3n) is 2.93. The van der Waals surface area contributed by atoms with Gasteiger partial charge in [0.2, 0.25) is 0 Å². The minimum atomic E-state index is -0.473. The largest absolute Gasteiger partial charge is 0.483 e. The number of hydrogen-bond donors (Lipinski definition) is 1. The molecule has 23 heavy (non-hydrogen) atoms. The fourth-order valence-electron chi connectivity index (χ4n) is 1.87. The van der Waals surface area contributed by atoms with E-state index in [-0.39, 0.29) is 11.6 Å². The van der Waals surface area contributed by atoms with Gasteiger partial charge in [0.05, 0.1) is 16.0 Å². The number of hydrazone groups is 1. The molecule has 1 N–H and O–H groups in total. The van der Waals surface area contributed by atoms with E-state index in [1.807, 2.05) is 32.0 Å². The van der Waals surface area contributed by atoms with Crippen molar-refractivity contribution in [3.8, 4) is 5.75 Å². The Labute approximate surface area is 136 Å². The molecule has 0 bridgehead atoms. The lowest BCUT2D eigenvalue weighted by atomic mass is 10.1. The van der Waals surface area contributed by atoms with Crippen molar-refractivity contribution in [2.75, 3.05) is 6.61 Å². The Morgan fingerprint density at radius 3 is 2.65 bits per heavy atom. The Bertz CT molecular complexity index is 735. The summed E-state index contributed by atoms with van der Waals surface area (Å²) >= 11 is 0.976. The second-order valence-electron chi connectivity index (χ2n) is 4.74. The number of nitro groups is 1. The number of carbonyl (C=O) groups is 1. The van der Waals surface area contributed by atoms with E-state index in [9.17, 15) is 14.9 Å². The summed E-state index contributed by atoms with van der Waals surface area (Å²) in [6, 6.07) is 8.68. The van der Waals surface area contributed by atoms with Crippen LogP contribution in [0.3, 0.4) is 0 Å². The van der Waals surface area contributed by atoms with Crippen molar-refractivity contribution in [3.63, 3.8) is 0 Å². The summed E-state index contributed by atoms with van der Waals surface area (Å²) in [6.07, 6.45) is 1.36. The maximum atomic E-state index is 11.7. The molecule has 1 aromatic carbocycles. The van der Waals surface area contributed by atoms with Crippen molar-refractivity contribution < 1.29 is 14.5 Å². The van der Waals surface area contributed by atoms with E-state index in [0.29, 0.717) is 10.6 Å². The van der Waals surface area contributed by atoms with Crippen molar-refractivity contribution >= 4 is 28.5 Å². The van der Waals surface area contributed by atoms with Crippen LogP contribution in [0.4, 0.5) is 5.00 Å². The SMILES string of the molecule is Cc1cccc(C)c1OCC(=O)NN=Cc1ccc([N+](=O)[O-])s1. The first-order chi connectivity index (χ1) is 11.0. The van der Waals surface area contributed by atoms with Gasteiger partial charge in [0, 0.05) is 6.07 Å². The second kappa shape index (κ2) is 7.50. The number of carbonyl (C=O) groups excluding carboxylic acids is 1. The van der Waals surface area contributed by atoms with Crippen molar-refractivity contribution in [1.29, 1.82) is 0 Å². The van der Waals surface area contributed by atoms with Crippen LogP contribution in [0.2, 0.25) is 0 Å². The maximum Gasteiger partial charge on any atom is 0.324 e. The number of aryl methyl sites for hydroxylation is 2. The Balaban J connectivity index is 1.85. The lowest BCUT2D eigenvalue weighted by Gasteiger charge is -2.10. The molecule has 0 spiro atoms. The van der Waals surface area contributed by atoms with Gasteiger partial charge in [0.1, 0.15) is 5.75 Å². The molecule has 0 saturated carbocycles. The third-order valence-corrected chi connectivity index (χ3v) is 3.90. The molecule has 0 saturated heterocycles. The molecule has 8 heteroatoms. The van der Waals surface area contributed by atoms with Gasteiger partial charge in [-0.2, -0.15) is 5.10 Å². The van der Waals surface area contributed by atoms with Crippen LogP contribution in [0.15, 0.2) is 35.4 Å².